The van der Waals surface area contributed by atoms with Crippen molar-refractivity contribution in [2.45, 2.75) is 0 Å². The van der Waals surface area contributed by atoms with Crippen LogP contribution < -0.4 is 5.43 Å². The van der Waals surface area contributed by atoms with Crippen molar-refractivity contribution in [3.63, 3.8) is 0 Å². The highest BCUT2D eigenvalue weighted by Crippen LogP contribution is 2.28. The number of carboxylic acid groups (broad SMARTS) is 1. The summed E-state index contributed by atoms with van der Waals surface area (Å²) in [5.74, 6) is -1.13. The summed E-state index contributed by atoms with van der Waals surface area (Å²) < 4.78 is 0. The van der Waals surface area contributed by atoms with Crippen LogP contribution in [0.15, 0.2) is 96.1 Å². The van der Waals surface area contributed by atoms with E-state index in [-0.39, 0.29) is 11.7 Å². The molecule has 0 atom stereocenters. The largest absolute Gasteiger partial charge is 0.476 e. The van der Waals surface area contributed by atoms with Crippen LogP contribution in [0.5, 0.6) is 0 Å². The lowest BCUT2D eigenvalue weighted by Crippen LogP contribution is -2.13. The molecule has 1 aromatic heterocycles. The summed E-state index contributed by atoms with van der Waals surface area (Å²) >= 11 is 5.88. The predicted molar refractivity (Wildman–Crippen MR) is 130 cm³/mol. The molecule has 4 rings (SSSR count). The quantitative estimate of drug-likeness (QED) is 0.285. The normalized spacial score (nSPS) is 11.5. The van der Waals surface area contributed by atoms with E-state index in [1.807, 2.05) is 60.7 Å². The van der Waals surface area contributed by atoms with Crippen molar-refractivity contribution in [3.05, 3.63) is 102 Å². The summed E-state index contributed by atoms with van der Waals surface area (Å²) in [5, 5.41) is 22.5. The molecule has 3 aromatic carbocycles. The SMILES string of the molecule is O=C(O)C(/C=C/c1ccc(Cl)cc1)=N/Nc1nnc(-c2ccccc2)c(-c2ccccc2)n1. The molecule has 2 N–H and O–H groups in total. The smallest absolute Gasteiger partial charge is 0.356 e. The number of hydrazone groups is 1. The number of rotatable bonds is 7. The molecule has 0 amide bonds. The summed E-state index contributed by atoms with van der Waals surface area (Å²) in [6.07, 6.45) is 3.00. The van der Waals surface area contributed by atoms with E-state index in [0.29, 0.717) is 16.4 Å². The van der Waals surface area contributed by atoms with E-state index in [0.717, 1.165) is 16.7 Å². The van der Waals surface area contributed by atoms with Crippen LogP contribution in [0, 0.1) is 0 Å². The van der Waals surface area contributed by atoms with Crippen LogP contribution in [0.2, 0.25) is 5.02 Å². The molecular formula is C25H18ClN5O2. The van der Waals surface area contributed by atoms with Gasteiger partial charge in [-0.2, -0.15) is 5.10 Å². The summed E-state index contributed by atoms with van der Waals surface area (Å²) in [5.41, 5.74) is 6.09. The van der Waals surface area contributed by atoms with Crippen LogP contribution in [0.1, 0.15) is 5.56 Å². The molecule has 0 aliphatic heterocycles. The lowest BCUT2D eigenvalue weighted by atomic mass is 10.0. The van der Waals surface area contributed by atoms with Gasteiger partial charge in [0.05, 0.1) is 0 Å². The highest BCUT2D eigenvalue weighted by molar-refractivity contribution is 6.41. The Labute approximate surface area is 195 Å². The van der Waals surface area contributed by atoms with Crippen molar-refractivity contribution in [1.29, 1.82) is 0 Å². The number of nitrogens with one attached hydrogen (secondary N) is 1. The summed E-state index contributed by atoms with van der Waals surface area (Å²) in [6, 6.07) is 26.1. The Kier molecular flexibility index (Phi) is 6.82. The first kappa shape index (κ1) is 21.9. The van der Waals surface area contributed by atoms with E-state index in [2.05, 4.69) is 25.7 Å². The summed E-state index contributed by atoms with van der Waals surface area (Å²) in [4.78, 5) is 16.2. The van der Waals surface area contributed by atoms with Gasteiger partial charge in [-0.1, -0.05) is 90.5 Å². The van der Waals surface area contributed by atoms with Gasteiger partial charge in [0, 0.05) is 16.1 Å². The van der Waals surface area contributed by atoms with Crippen molar-refractivity contribution in [3.8, 4) is 22.5 Å². The third kappa shape index (κ3) is 5.66. The van der Waals surface area contributed by atoms with E-state index in [1.54, 1.807) is 30.3 Å². The summed E-state index contributed by atoms with van der Waals surface area (Å²) in [7, 11) is 0. The van der Waals surface area contributed by atoms with E-state index in [1.165, 1.54) is 6.08 Å². The first-order chi connectivity index (χ1) is 16.1. The van der Waals surface area contributed by atoms with Crippen molar-refractivity contribution in [2.24, 2.45) is 5.10 Å². The number of hydrogen-bond acceptors (Lipinski definition) is 6. The van der Waals surface area contributed by atoms with Crippen LogP contribution in [-0.4, -0.2) is 32.0 Å². The van der Waals surface area contributed by atoms with Gasteiger partial charge in [0.25, 0.3) is 5.95 Å². The molecule has 0 radical (unpaired) electrons. The first-order valence-electron chi connectivity index (χ1n) is 9.96. The molecule has 0 aliphatic rings. The number of aliphatic carboxylic acids is 1. The van der Waals surface area contributed by atoms with Crippen molar-refractivity contribution >= 4 is 35.3 Å². The van der Waals surface area contributed by atoms with Gasteiger partial charge in [-0.05, 0) is 23.8 Å². The molecular weight excluding hydrogens is 438 g/mol. The molecule has 0 spiro atoms. The fourth-order valence-electron chi connectivity index (χ4n) is 2.98. The van der Waals surface area contributed by atoms with Gasteiger partial charge >= 0.3 is 5.97 Å². The number of anilines is 1. The fraction of sp³-hybridized carbons (Fsp3) is 0. The Hall–Kier alpha value is -4.36. The molecule has 8 heteroatoms. The Morgan fingerprint density at radius 1 is 0.848 bits per heavy atom. The van der Waals surface area contributed by atoms with Crippen LogP contribution in [-0.2, 0) is 4.79 Å². The van der Waals surface area contributed by atoms with Gasteiger partial charge < -0.3 is 5.11 Å². The molecule has 33 heavy (non-hydrogen) atoms. The molecule has 0 bridgehead atoms. The zero-order valence-corrected chi connectivity index (χ0v) is 18.0. The molecule has 4 aromatic rings. The van der Waals surface area contributed by atoms with Crippen molar-refractivity contribution in [2.75, 3.05) is 5.43 Å². The number of carbonyl (C=O) groups is 1. The maximum Gasteiger partial charge on any atom is 0.356 e. The molecule has 1 heterocycles. The minimum atomic E-state index is -1.20. The Balaban J connectivity index is 1.65. The van der Waals surface area contributed by atoms with Crippen molar-refractivity contribution in [1.82, 2.24) is 15.2 Å². The van der Waals surface area contributed by atoms with Crippen LogP contribution in [0.3, 0.4) is 0 Å². The van der Waals surface area contributed by atoms with Crippen molar-refractivity contribution < 1.29 is 9.90 Å². The maximum absolute atomic E-state index is 11.6. The van der Waals surface area contributed by atoms with Gasteiger partial charge in [0.1, 0.15) is 11.4 Å². The van der Waals surface area contributed by atoms with Gasteiger partial charge in [-0.15, -0.1) is 10.2 Å². The van der Waals surface area contributed by atoms with Crippen LogP contribution in [0.25, 0.3) is 28.6 Å². The molecule has 0 aliphatic carbocycles. The number of aromatic nitrogens is 3. The van der Waals surface area contributed by atoms with Crippen LogP contribution in [0.4, 0.5) is 5.95 Å². The van der Waals surface area contributed by atoms with Gasteiger partial charge in [-0.25, -0.2) is 15.2 Å². The van der Waals surface area contributed by atoms with E-state index >= 15 is 0 Å². The fourth-order valence-corrected chi connectivity index (χ4v) is 3.10. The minimum Gasteiger partial charge on any atom is -0.476 e. The lowest BCUT2D eigenvalue weighted by Gasteiger charge is -2.09. The highest BCUT2D eigenvalue weighted by atomic mass is 35.5. The van der Waals surface area contributed by atoms with Gasteiger partial charge in [0.15, 0.2) is 5.71 Å². The third-order valence-corrected chi connectivity index (χ3v) is 4.83. The topological polar surface area (TPSA) is 100 Å². The monoisotopic (exact) mass is 455 g/mol. The second kappa shape index (κ2) is 10.3. The number of halogens is 1. The Bertz CT molecular complexity index is 1310. The van der Waals surface area contributed by atoms with Crippen LogP contribution >= 0.6 is 11.6 Å². The first-order valence-corrected chi connectivity index (χ1v) is 10.3. The van der Waals surface area contributed by atoms with Gasteiger partial charge in [-0.3, -0.25) is 0 Å². The minimum absolute atomic E-state index is 0.0761. The summed E-state index contributed by atoms with van der Waals surface area (Å²) in [6.45, 7) is 0. The zero-order chi connectivity index (χ0) is 23.0. The second-order valence-electron chi connectivity index (χ2n) is 6.86. The van der Waals surface area contributed by atoms with E-state index in [9.17, 15) is 9.90 Å². The van der Waals surface area contributed by atoms with E-state index < -0.39 is 5.97 Å². The molecule has 7 nitrogen and oxygen atoms in total. The molecule has 162 valence electrons. The van der Waals surface area contributed by atoms with Gasteiger partial charge in [0.2, 0.25) is 0 Å². The lowest BCUT2D eigenvalue weighted by molar-refractivity contribution is -0.129. The number of nitrogens with zero attached hydrogens (tertiary/aromatic N) is 4. The average molecular weight is 456 g/mol. The highest BCUT2D eigenvalue weighted by Gasteiger charge is 2.14. The standard InChI is InChI=1S/C25H18ClN5O2/c26-20-14-11-17(12-15-20)13-16-21(24(32)33)28-30-25-27-22(18-7-3-1-4-8-18)23(29-31-25)19-9-5-2-6-10-19/h1-16H,(H,32,33)(H,27,30,31)/b16-13+,28-21+. The maximum atomic E-state index is 11.6. The molecule has 0 unspecified atom stereocenters. The molecule has 0 fully saturated rings. The van der Waals surface area contributed by atoms with E-state index in [4.69, 9.17) is 11.6 Å². The predicted octanol–water partition coefficient (Wildman–Crippen LogP) is 5.42. The Morgan fingerprint density at radius 3 is 2.06 bits per heavy atom. The average Bonchev–Trinajstić information content (AvgIpc) is 2.86. The number of benzene rings is 3. The second-order valence-corrected chi connectivity index (χ2v) is 7.30. The molecule has 0 saturated heterocycles. The Morgan fingerprint density at radius 2 is 1.45 bits per heavy atom. The third-order valence-electron chi connectivity index (χ3n) is 4.58. The number of carboxylic acids is 1. The zero-order valence-electron chi connectivity index (χ0n) is 17.3. The molecule has 0 saturated carbocycles. The number of hydrogen-bond donors (Lipinski definition) is 2.